The van der Waals surface area contributed by atoms with E-state index in [4.69, 9.17) is 0 Å². The fourth-order valence-corrected chi connectivity index (χ4v) is 1.54. The topological polar surface area (TPSA) is 59.3 Å². The van der Waals surface area contributed by atoms with Crippen LogP contribution in [0, 0.1) is 10.1 Å². The zero-order valence-electron chi connectivity index (χ0n) is 8.93. The lowest BCUT2D eigenvalue weighted by molar-refractivity contribution is -0.384. The Hall–Kier alpha value is -1.30. The lowest BCUT2D eigenvalue weighted by atomic mass is 10.3. The van der Waals surface area contributed by atoms with Gasteiger partial charge in [0.25, 0.3) is 0 Å². The van der Waals surface area contributed by atoms with Crippen molar-refractivity contribution in [1.29, 1.82) is 0 Å². The van der Waals surface area contributed by atoms with E-state index < -0.39 is 4.92 Å². The van der Waals surface area contributed by atoms with Crippen LogP contribution < -0.4 is 4.90 Å². The van der Waals surface area contributed by atoms with E-state index in [1.54, 1.807) is 6.07 Å². The van der Waals surface area contributed by atoms with Crippen LogP contribution in [0.2, 0.25) is 0 Å². The summed E-state index contributed by atoms with van der Waals surface area (Å²) >= 11 is 1.47. The van der Waals surface area contributed by atoms with Gasteiger partial charge in [0.1, 0.15) is 11.9 Å². The first-order valence-electron chi connectivity index (χ1n) is 4.49. The van der Waals surface area contributed by atoms with Crippen LogP contribution in [0.3, 0.4) is 0 Å². The first-order valence-corrected chi connectivity index (χ1v) is 5.72. The number of aromatic nitrogens is 1. The molecule has 0 spiro atoms. The second-order valence-corrected chi connectivity index (χ2v) is 3.81. The van der Waals surface area contributed by atoms with Crippen LogP contribution in [0.4, 0.5) is 11.4 Å². The van der Waals surface area contributed by atoms with Crippen LogP contribution in [0.1, 0.15) is 6.92 Å². The van der Waals surface area contributed by atoms with Gasteiger partial charge in [-0.05, 0) is 13.2 Å². The summed E-state index contributed by atoms with van der Waals surface area (Å²) in [6.45, 7) is 2.67. The number of hydrogen-bond acceptors (Lipinski definition) is 5. The summed E-state index contributed by atoms with van der Waals surface area (Å²) in [6.07, 6.45) is 3.21. The second-order valence-electron chi connectivity index (χ2n) is 2.99. The molecule has 6 heteroatoms. The summed E-state index contributed by atoms with van der Waals surface area (Å²) in [6, 6.07) is 1.74. The van der Waals surface area contributed by atoms with Gasteiger partial charge in [-0.3, -0.25) is 10.1 Å². The fraction of sp³-hybridized carbons (Fsp3) is 0.444. The Kier molecular flexibility index (Phi) is 3.90. The number of nitrogens with zero attached hydrogens (tertiary/aromatic N) is 3. The summed E-state index contributed by atoms with van der Waals surface area (Å²) in [5.41, 5.74) is 0.666. The van der Waals surface area contributed by atoms with Crippen LogP contribution in [-0.4, -0.2) is 29.8 Å². The van der Waals surface area contributed by atoms with E-state index in [1.807, 2.05) is 25.1 Å². The zero-order valence-corrected chi connectivity index (χ0v) is 9.74. The molecule has 0 saturated heterocycles. The maximum atomic E-state index is 10.8. The smallest absolute Gasteiger partial charge is 0.310 e. The molecule has 0 bridgehead atoms. The lowest BCUT2D eigenvalue weighted by Crippen LogP contribution is -2.17. The number of rotatable bonds is 4. The molecule has 0 amide bonds. The number of thioether (sulfide) groups is 1. The second kappa shape index (κ2) is 4.97. The largest absolute Gasteiger partial charge is 0.369 e. The minimum Gasteiger partial charge on any atom is -0.369 e. The van der Waals surface area contributed by atoms with Gasteiger partial charge in [0, 0.05) is 19.7 Å². The highest BCUT2D eigenvalue weighted by Gasteiger charge is 2.17. The minimum atomic E-state index is -0.404. The Morgan fingerprint density at radius 2 is 2.33 bits per heavy atom. The number of nitro groups is 1. The van der Waals surface area contributed by atoms with Crippen molar-refractivity contribution in [1.82, 2.24) is 4.98 Å². The van der Waals surface area contributed by atoms with E-state index in [-0.39, 0.29) is 5.69 Å². The molecule has 1 rings (SSSR count). The van der Waals surface area contributed by atoms with E-state index >= 15 is 0 Å². The van der Waals surface area contributed by atoms with Crippen molar-refractivity contribution in [3.8, 4) is 0 Å². The molecule has 1 aromatic rings. The van der Waals surface area contributed by atoms with Gasteiger partial charge in [-0.2, -0.15) is 0 Å². The quantitative estimate of drug-likeness (QED) is 0.448. The SMILES string of the molecule is CCN(C)c1cc(SC)ncc1[N+](=O)[O-]. The lowest BCUT2D eigenvalue weighted by Gasteiger charge is -2.16. The zero-order chi connectivity index (χ0) is 11.4. The maximum absolute atomic E-state index is 10.8. The van der Waals surface area contributed by atoms with Gasteiger partial charge in [0.2, 0.25) is 0 Å². The standard InChI is InChI=1S/C9H13N3O2S/c1-4-11(2)7-5-9(15-3)10-6-8(7)12(13)14/h5-6H,4H2,1-3H3. The van der Waals surface area contributed by atoms with E-state index in [1.165, 1.54) is 18.0 Å². The molecule has 0 aromatic carbocycles. The van der Waals surface area contributed by atoms with Gasteiger partial charge in [0.15, 0.2) is 0 Å². The molecule has 5 nitrogen and oxygen atoms in total. The van der Waals surface area contributed by atoms with Gasteiger partial charge in [-0.1, -0.05) is 0 Å². The van der Waals surface area contributed by atoms with Crippen LogP contribution in [-0.2, 0) is 0 Å². The van der Waals surface area contributed by atoms with Gasteiger partial charge >= 0.3 is 5.69 Å². The summed E-state index contributed by atoms with van der Waals surface area (Å²) in [7, 11) is 1.83. The molecule has 0 radical (unpaired) electrons. The van der Waals surface area contributed by atoms with Crippen LogP contribution in [0.15, 0.2) is 17.3 Å². The third-order valence-electron chi connectivity index (χ3n) is 2.13. The molecular weight excluding hydrogens is 214 g/mol. The highest BCUT2D eigenvalue weighted by Crippen LogP contribution is 2.29. The molecule has 0 fully saturated rings. The van der Waals surface area contributed by atoms with E-state index in [2.05, 4.69) is 4.98 Å². The summed E-state index contributed by atoms with van der Waals surface area (Å²) in [5, 5.41) is 11.6. The average molecular weight is 227 g/mol. The predicted molar refractivity (Wildman–Crippen MR) is 61.6 cm³/mol. The highest BCUT2D eigenvalue weighted by molar-refractivity contribution is 7.98. The van der Waals surface area contributed by atoms with Crippen molar-refractivity contribution in [2.75, 3.05) is 24.7 Å². The normalized spacial score (nSPS) is 10.1. The molecule has 0 saturated carbocycles. The Morgan fingerprint density at radius 1 is 1.67 bits per heavy atom. The van der Waals surface area contributed by atoms with E-state index in [9.17, 15) is 10.1 Å². The number of hydrogen-bond donors (Lipinski definition) is 0. The molecule has 0 aliphatic heterocycles. The minimum absolute atomic E-state index is 0.0529. The van der Waals surface area contributed by atoms with Crippen molar-refractivity contribution >= 4 is 23.1 Å². The number of pyridine rings is 1. The predicted octanol–water partition coefficient (Wildman–Crippen LogP) is 2.17. The third kappa shape index (κ3) is 2.59. The van der Waals surface area contributed by atoms with Gasteiger partial charge < -0.3 is 4.90 Å². The van der Waals surface area contributed by atoms with Crippen LogP contribution >= 0.6 is 11.8 Å². The number of anilines is 1. The summed E-state index contributed by atoms with van der Waals surface area (Å²) < 4.78 is 0. The summed E-state index contributed by atoms with van der Waals surface area (Å²) in [4.78, 5) is 16.2. The van der Waals surface area contributed by atoms with E-state index in [0.29, 0.717) is 5.69 Å². The average Bonchev–Trinajstić information content (AvgIpc) is 2.26. The molecule has 82 valence electrons. The first-order chi connectivity index (χ1) is 7.10. The molecule has 0 aliphatic rings. The van der Waals surface area contributed by atoms with Crippen molar-refractivity contribution in [2.45, 2.75) is 11.9 Å². The summed E-state index contributed by atoms with van der Waals surface area (Å²) in [5.74, 6) is 0. The Bertz CT molecular complexity index is 370. The van der Waals surface area contributed by atoms with Crippen molar-refractivity contribution < 1.29 is 4.92 Å². The van der Waals surface area contributed by atoms with Crippen LogP contribution in [0.5, 0.6) is 0 Å². The Morgan fingerprint density at radius 3 is 2.80 bits per heavy atom. The van der Waals surface area contributed by atoms with Crippen molar-refractivity contribution in [2.24, 2.45) is 0 Å². The monoisotopic (exact) mass is 227 g/mol. The van der Waals surface area contributed by atoms with E-state index in [0.717, 1.165) is 11.6 Å². The molecule has 15 heavy (non-hydrogen) atoms. The highest BCUT2D eigenvalue weighted by atomic mass is 32.2. The molecule has 1 heterocycles. The molecule has 0 unspecified atom stereocenters. The van der Waals surface area contributed by atoms with Gasteiger partial charge in [-0.15, -0.1) is 11.8 Å². The van der Waals surface area contributed by atoms with Gasteiger partial charge in [0.05, 0.1) is 9.95 Å². The van der Waals surface area contributed by atoms with Crippen LogP contribution in [0.25, 0.3) is 0 Å². The third-order valence-corrected chi connectivity index (χ3v) is 2.77. The fourth-order valence-electron chi connectivity index (χ4n) is 1.15. The van der Waals surface area contributed by atoms with Crippen molar-refractivity contribution in [3.05, 3.63) is 22.4 Å². The Labute approximate surface area is 92.6 Å². The van der Waals surface area contributed by atoms with Crippen molar-refractivity contribution in [3.63, 3.8) is 0 Å². The molecular formula is C9H13N3O2S. The molecule has 0 atom stereocenters. The first kappa shape index (κ1) is 11.8. The molecule has 1 aromatic heterocycles. The Balaban J connectivity index is 3.22. The van der Waals surface area contributed by atoms with Gasteiger partial charge in [-0.25, -0.2) is 4.98 Å². The molecule has 0 aliphatic carbocycles. The molecule has 0 N–H and O–H groups in total. The maximum Gasteiger partial charge on any atom is 0.310 e.